The number of hydrogen-bond donors (Lipinski definition) is 1. The van der Waals surface area contributed by atoms with Gasteiger partial charge in [0, 0.05) is 6.54 Å². The third kappa shape index (κ3) is 5.68. The molecular weight excluding hydrogens is 369 g/mol. The molecule has 7 heteroatoms. The monoisotopic (exact) mass is 395 g/mol. The molecule has 0 aromatic heterocycles. The summed E-state index contributed by atoms with van der Waals surface area (Å²) >= 11 is 0. The Bertz CT molecular complexity index is 818. The van der Waals surface area contributed by atoms with Crippen molar-refractivity contribution in [3.63, 3.8) is 0 Å². The lowest BCUT2D eigenvalue weighted by Gasteiger charge is -2.25. The highest BCUT2D eigenvalue weighted by atomic mass is 32.2. The first-order valence-corrected chi connectivity index (χ1v) is 10.4. The Morgan fingerprint density at radius 2 is 1.41 bits per heavy atom. The first-order valence-electron chi connectivity index (χ1n) is 8.87. The molecule has 0 aliphatic rings. The zero-order valence-corrected chi connectivity index (χ0v) is 16.7. The topological polar surface area (TPSA) is 64.6 Å². The normalized spacial score (nSPS) is 12.0. The number of hydrogen-bond acceptors (Lipinski definition) is 4. The summed E-state index contributed by atoms with van der Waals surface area (Å²) in [5, 5.41) is 0. The number of benzene rings is 2. The van der Waals surface area contributed by atoms with E-state index in [-0.39, 0.29) is 5.82 Å². The molecule has 27 heavy (non-hydrogen) atoms. The van der Waals surface area contributed by atoms with Crippen molar-refractivity contribution in [2.24, 2.45) is 0 Å². The van der Waals surface area contributed by atoms with Crippen LogP contribution in [0.5, 0.6) is 11.5 Å². The maximum absolute atomic E-state index is 12.8. The summed E-state index contributed by atoms with van der Waals surface area (Å²) in [4.78, 5) is 0. The first-order chi connectivity index (χ1) is 12.8. The van der Waals surface area contributed by atoms with Crippen molar-refractivity contribution in [1.29, 1.82) is 0 Å². The second-order valence-electron chi connectivity index (χ2n) is 6.58. The molecule has 0 saturated carbocycles. The molecule has 2 aromatic carbocycles. The summed E-state index contributed by atoms with van der Waals surface area (Å²) in [7, 11) is -3.48. The molecule has 0 saturated heterocycles. The molecule has 0 unspecified atom stereocenters. The van der Waals surface area contributed by atoms with Crippen molar-refractivity contribution in [2.45, 2.75) is 31.9 Å². The smallest absolute Gasteiger partial charge is 0.221 e. The number of nitrogens with one attached hydrogen (secondary N) is 1. The van der Waals surface area contributed by atoms with Crippen LogP contribution in [0.1, 0.15) is 32.8 Å². The van der Waals surface area contributed by atoms with E-state index < -0.39 is 14.8 Å². The average Bonchev–Trinajstić information content (AvgIpc) is 2.65. The van der Waals surface area contributed by atoms with E-state index in [1.54, 1.807) is 50.2 Å². The van der Waals surface area contributed by atoms with Crippen molar-refractivity contribution >= 4 is 10.0 Å². The van der Waals surface area contributed by atoms with Gasteiger partial charge in [-0.25, -0.2) is 17.5 Å². The fourth-order valence-electron chi connectivity index (χ4n) is 2.37. The van der Waals surface area contributed by atoms with Gasteiger partial charge in [0.2, 0.25) is 10.0 Å². The third-order valence-corrected chi connectivity index (χ3v) is 6.36. The minimum absolute atomic E-state index is 0.312. The minimum Gasteiger partial charge on any atom is -0.490 e. The van der Waals surface area contributed by atoms with Gasteiger partial charge in [-0.05, 0) is 62.2 Å². The summed E-state index contributed by atoms with van der Waals surface area (Å²) < 4.78 is 50.4. The molecule has 0 aliphatic carbocycles. The van der Waals surface area contributed by atoms with Crippen LogP contribution in [0, 0.1) is 5.82 Å². The Balaban J connectivity index is 1.89. The van der Waals surface area contributed by atoms with E-state index in [0.29, 0.717) is 36.8 Å². The van der Waals surface area contributed by atoms with Gasteiger partial charge in [-0.3, -0.25) is 0 Å². The summed E-state index contributed by atoms with van der Waals surface area (Å²) in [6, 6.07) is 12.8. The van der Waals surface area contributed by atoms with Crippen LogP contribution in [0.15, 0.2) is 48.5 Å². The van der Waals surface area contributed by atoms with Crippen molar-refractivity contribution in [1.82, 2.24) is 4.72 Å². The summed E-state index contributed by atoms with van der Waals surface area (Å²) in [5.74, 6) is 0.881. The Labute approximate surface area is 160 Å². The van der Waals surface area contributed by atoms with Crippen LogP contribution in [0.2, 0.25) is 0 Å². The fraction of sp³-hybridized carbons (Fsp3) is 0.400. The number of sulfonamides is 1. The average molecular weight is 395 g/mol. The molecule has 2 aromatic rings. The molecule has 0 fully saturated rings. The van der Waals surface area contributed by atoms with E-state index in [4.69, 9.17) is 9.47 Å². The molecule has 0 aliphatic heterocycles. The minimum atomic E-state index is -3.48. The van der Waals surface area contributed by atoms with Gasteiger partial charge in [0.05, 0.1) is 0 Å². The molecule has 1 N–H and O–H groups in total. The predicted molar refractivity (Wildman–Crippen MR) is 104 cm³/mol. The van der Waals surface area contributed by atoms with Crippen LogP contribution in [-0.4, -0.2) is 28.2 Å². The first kappa shape index (κ1) is 21.2. The molecule has 5 nitrogen and oxygen atoms in total. The highest BCUT2D eigenvalue weighted by Crippen LogP contribution is 2.30. The molecular formula is C20H26FNO4S. The molecule has 0 radical (unpaired) electrons. The van der Waals surface area contributed by atoms with Crippen molar-refractivity contribution in [3.8, 4) is 11.5 Å². The van der Waals surface area contributed by atoms with Crippen LogP contribution < -0.4 is 14.2 Å². The summed E-state index contributed by atoms with van der Waals surface area (Å²) in [6.45, 7) is 6.32. The van der Waals surface area contributed by atoms with E-state index >= 15 is 0 Å². The van der Waals surface area contributed by atoms with Crippen molar-refractivity contribution in [3.05, 3.63) is 59.9 Å². The van der Waals surface area contributed by atoms with Crippen LogP contribution in [0.3, 0.4) is 0 Å². The van der Waals surface area contributed by atoms with E-state index in [1.165, 1.54) is 12.1 Å². The Kier molecular flexibility index (Phi) is 7.21. The molecule has 2 rings (SSSR count). The molecule has 0 heterocycles. The van der Waals surface area contributed by atoms with Gasteiger partial charge in [0.25, 0.3) is 0 Å². The van der Waals surface area contributed by atoms with Crippen LogP contribution in [0.4, 0.5) is 4.39 Å². The van der Waals surface area contributed by atoms with Crippen LogP contribution >= 0.6 is 0 Å². The maximum atomic E-state index is 12.8. The van der Waals surface area contributed by atoms with E-state index in [1.807, 2.05) is 6.92 Å². The summed E-state index contributed by atoms with van der Waals surface area (Å²) in [5.41, 5.74) is 0.681. The number of rotatable bonds is 10. The van der Waals surface area contributed by atoms with Gasteiger partial charge in [-0.15, -0.1) is 0 Å². The molecule has 0 bridgehead atoms. The third-order valence-electron chi connectivity index (χ3n) is 4.20. The zero-order valence-electron chi connectivity index (χ0n) is 15.9. The second kappa shape index (κ2) is 9.19. The highest BCUT2D eigenvalue weighted by molar-refractivity contribution is 7.90. The Morgan fingerprint density at radius 1 is 0.926 bits per heavy atom. The predicted octanol–water partition coefficient (Wildman–Crippen LogP) is 3.85. The van der Waals surface area contributed by atoms with Gasteiger partial charge in [0.1, 0.15) is 35.3 Å². The van der Waals surface area contributed by atoms with E-state index in [0.717, 1.165) is 6.42 Å². The van der Waals surface area contributed by atoms with Crippen molar-refractivity contribution < 1.29 is 22.3 Å². The molecule has 0 atom stereocenters. The van der Waals surface area contributed by atoms with Gasteiger partial charge >= 0.3 is 0 Å². The molecule has 0 amide bonds. The number of halogens is 1. The van der Waals surface area contributed by atoms with Gasteiger partial charge in [-0.1, -0.05) is 19.1 Å². The highest BCUT2D eigenvalue weighted by Gasteiger charge is 2.35. The molecule has 0 spiro atoms. The van der Waals surface area contributed by atoms with Crippen LogP contribution in [-0.2, 0) is 14.8 Å². The Morgan fingerprint density at radius 3 is 1.89 bits per heavy atom. The van der Waals surface area contributed by atoms with E-state index in [2.05, 4.69) is 4.72 Å². The van der Waals surface area contributed by atoms with Crippen LogP contribution in [0.25, 0.3) is 0 Å². The van der Waals surface area contributed by atoms with Gasteiger partial charge in [-0.2, -0.15) is 0 Å². The fourth-order valence-corrected chi connectivity index (χ4v) is 3.65. The second-order valence-corrected chi connectivity index (χ2v) is 8.90. The Hall–Kier alpha value is -2.12. The maximum Gasteiger partial charge on any atom is 0.221 e. The van der Waals surface area contributed by atoms with Gasteiger partial charge in [0.15, 0.2) is 0 Å². The SMILES string of the molecule is CCCNS(=O)(=O)C(C)(C)c1ccc(OCCOc2ccc(F)cc2)cc1. The lowest BCUT2D eigenvalue weighted by Crippen LogP contribution is -2.39. The quantitative estimate of drug-likeness (QED) is 0.621. The standard InChI is InChI=1S/C20H26FNO4S/c1-4-13-22-27(23,24)20(2,3)16-5-9-18(10-6-16)25-14-15-26-19-11-7-17(21)8-12-19/h5-12,22H,4,13-15H2,1-3H3. The lowest BCUT2D eigenvalue weighted by atomic mass is 10.0. The zero-order chi connectivity index (χ0) is 19.9. The van der Waals surface area contributed by atoms with E-state index in [9.17, 15) is 12.8 Å². The molecule has 148 valence electrons. The van der Waals surface area contributed by atoms with Gasteiger partial charge < -0.3 is 9.47 Å². The number of ether oxygens (including phenoxy) is 2. The lowest BCUT2D eigenvalue weighted by molar-refractivity contribution is 0.217. The van der Waals surface area contributed by atoms with Crippen molar-refractivity contribution in [2.75, 3.05) is 19.8 Å². The largest absolute Gasteiger partial charge is 0.490 e. The summed E-state index contributed by atoms with van der Waals surface area (Å²) in [6.07, 6.45) is 0.738.